The molecule has 0 radical (unpaired) electrons. The third kappa shape index (κ3) is 4.75. The van der Waals surface area contributed by atoms with Gasteiger partial charge in [0, 0.05) is 76.6 Å². The Morgan fingerprint density at radius 1 is 1.21 bits per heavy atom. The van der Waals surface area contributed by atoms with Crippen molar-refractivity contribution in [3.63, 3.8) is 0 Å². The summed E-state index contributed by atoms with van der Waals surface area (Å²) in [7, 11) is 3.93. The number of amides is 1. The molecule has 7 heteroatoms. The number of hydrogen-bond acceptors (Lipinski definition) is 5. The van der Waals surface area contributed by atoms with Gasteiger partial charge in [-0.05, 0) is 33.2 Å². The highest BCUT2D eigenvalue weighted by Gasteiger charge is 2.42. The number of likely N-dealkylation sites (N-methyl/N-ethyl adjacent to an activating group) is 1. The molecule has 2 aliphatic heterocycles. The Morgan fingerprint density at radius 2 is 2.04 bits per heavy atom. The molecule has 1 spiro atoms. The van der Waals surface area contributed by atoms with E-state index in [-0.39, 0.29) is 11.4 Å². The lowest BCUT2D eigenvalue weighted by Gasteiger charge is -2.49. The summed E-state index contributed by atoms with van der Waals surface area (Å²) in [6.07, 6.45) is 5.92. The maximum absolute atomic E-state index is 12.6. The quantitative estimate of drug-likeness (QED) is 0.709. The molecule has 0 saturated carbocycles. The van der Waals surface area contributed by atoms with Crippen molar-refractivity contribution in [2.24, 2.45) is 0 Å². The zero-order chi connectivity index (χ0) is 20.1. The Kier molecular flexibility index (Phi) is 7.12. The van der Waals surface area contributed by atoms with Gasteiger partial charge in [-0.1, -0.05) is 6.92 Å². The smallest absolute Gasteiger partial charge is 0.222 e. The van der Waals surface area contributed by atoms with Crippen molar-refractivity contribution in [3.8, 4) is 0 Å². The first-order valence-electron chi connectivity index (χ1n) is 10.7. The summed E-state index contributed by atoms with van der Waals surface area (Å²) in [5, 5.41) is 4.66. The SMILES string of the molecule is CCCn1cc(CN2CCN(C)C3(CCC(=O)N(CCOC)CC3)C2)c(C)n1. The summed E-state index contributed by atoms with van der Waals surface area (Å²) in [6.45, 7) is 11.5. The Hall–Kier alpha value is -1.44. The summed E-state index contributed by atoms with van der Waals surface area (Å²) in [5.41, 5.74) is 2.56. The van der Waals surface area contributed by atoms with Crippen LogP contribution in [0.1, 0.15) is 43.9 Å². The minimum Gasteiger partial charge on any atom is -0.383 e. The average molecular weight is 392 g/mol. The summed E-state index contributed by atoms with van der Waals surface area (Å²) in [4.78, 5) is 19.6. The fraction of sp³-hybridized carbons (Fsp3) is 0.810. The van der Waals surface area contributed by atoms with Crippen molar-refractivity contribution in [1.82, 2.24) is 24.5 Å². The van der Waals surface area contributed by atoms with Gasteiger partial charge >= 0.3 is 0 Å². The van der Waals surface area contributed by atoms with E-state index in [1.807, 2.05) is 4.90 Å². The van der Waals surface area contributed by atoms with E-state index < -0.39 is 0 Å². The van der Waals surface area contributed by atoms with Crippen LogP contribution in [-0.2, 0) is 22.6 Å². The summed E-state index contributed by atoms with van der Waals surface area (Å²) < 4.78 is 7.26. The number of piperazine rings is 1. The monoisotopic (exact) mass is 391 g/mol. The molecule has 3 heterocycles. The minimum absolute atomic E-state index is 0.0864. The molecule has 3 rings (SSSR count). The molecule has 0 N–H and O–H groups in total. The van der Waals surface area contributed by atoms with E-state index in [1.165, 1.54) is 5.56 Å². The van der Waals surface area contributed by atoms with Crippen LogP contribution in [0, 0.1) is 6.92 Å². The number of likely N-dealkylation sites (tertiary alicyclic amines) is 1. The molecule has 1 amide bonds. The van der Waals surface area contributed by atoms with E-state index in [9.17, 15) is 4.79 Å². The highest BCUT2D eigenvalue weighted by atomic mass is 16.5. The van der Waals surface area contributed by atoms with E-state index in [0.29, 0.717) is 19.6 Å². The number of carbonyl (C=O) groups excluding carboxylic acids is 1. The molecule has 1 unspecified atom stereocenters. The molecule has 0 aliphatic carbocycles. The van der Waals surface area contributed by atoms with Crippen molar-refractivity contribution in [2.45, 2.75) is 58.2 Å². The molecular weight excluding hydrogens is 354 g/mol. The Labute approximate surface area is 169 Å². The number of ether oxygens (including phenoxy) is 1. The number of aryl methyl sites for hydroxylation is 2. The number of carbonyl (C=O) groups is 1. The van der Waals surface area contributed by atoms with Crippen LogP contribution in [0.15, 0.2) is 6.20 Å². The van der Waals surface area contributed by atoms with Crippen molar-refractivity contribution < 1.29 is 9.53 Å². The molecule has 2 fully saturated rings. The van der Waals surface area contributed by atoms with Crippen LogP contribution >= 0.6 is 0 Å². The lowest BCUT2D eigenvalue weighted by atomic mass is 9.86. The van der Waals surface area contributed by atoms with Gasteiger partial charge in [0.1, 0.15) is 0 Å². The average Bonchev–Trinajstić information content (AvgIpc) is 2.93. The van der Waals surface area contributed by atoms with Gasteiger partial charge in [-0.3, -0.25) is 19.3 Å². The molecule has 0 bridgehead atoms. The van der Waals surface area contributed by atoms with Gasteiger partial charge in [0.2, 0.25) is 5.91 Å². The third-order valence-electron chi connectivity index (χ3n) is 6.54. The normalized spacial score (nSPS) is 24.9. The maximum Gasteiger partial charge on any atom is 0.222 e. The van der Waals surface area contributed by atoms with Crippen LogP contribution in [0.3, 0.4) is 0 Å². The van der Waals surface area contributed by atoms with Crippen LogP contribution in [0.2, 0.25) is 0 Å². The highest BCUT2D eigenvalue weighted by Crippen LogP contribution is 2.32. The Morgan fingerprint density at radius 3 is 2.79 bits per heavy atom. The highest BCUT2D eigenvalue weighted by molar-refractivity contribution is 5.76. The van der Waals surface area contributed by atoms with Crippen LogP contribution in [0.25, 0.3) is 0 Å². The number of aromatic nitrogens is 2. The van der Waals surface area contributed by atoms with Crippen molar-refractivity contribution in [3.05, 3.63) is 17.5 Å². The molecule has 1 aromatic heterocycles. The first kappa shape index (κ1) is 21.3. The first-order chi connectivity index (χ1) is 13.5. The lowest BCUT2D eigenvalue weighted by Crippen LogP contribution is -2.60. The number of rotatable bonds is 7. The van der Waals surface area contributed by atoms with Crippen LogP contribution in [-0.4, -0.2) is 89.4 Å². The second-order valence-corrected chi connectivity index (χ2v) is 8.48. The van der Waals surface area contributed by atoms with Gasteiger partial charge in [-0.15, -0.1) is 0 Å². The molecular formula is C21H37N5O2. The number of hydrogen-bond donors (Lipinski definition) is 0. The molecule has 1 aromatic rings. The Balaban J connectivity index is 1.67. The minimum atomic E-state index is 0.0864. The fourth-order valence-corrected chi connectivity index (χ4v) is 4.65. The van der Waals surface area contributed by atoms with Crippen molar-refractivity contribution in [2.75, 3.05) is 53.5 Å². The standard InChI is InChI=1S/C21H37N5O2/c1-5-9-26-16-19(18(2)22-26)15-24-12-11-23(3)21(17-24)7-6-20(27)25(10-8-21)13-14-28-4/h16H,5-15,17H2,1-4H3. The van der Waals surface area contributed by atoms with Gasteiger partial charge in [-0.2, -0.15) is 5.10 Å². The largest absolute Gasteiger partial charge is 0.383 e. The topological polar surface area (TPSA) is 53.8 Å². The lowest BCUT2D eigenvalue weighted by molar-refractivity contribution is -0.131. The molecule has 0 aromatic carbocycles. The van der Waals surface area contributed by atoms with E-state index in [2.05, 4.69) is 46.7 Å². The van der Waals surface area contributed by atoms with E-state index in [4.69, 9.17) is 4.74 Å². The third-order valence-corrected chi connectivity index (χ3v) is 6.54. The van der Waals surface area contributed by atoms with Gasteiger partial charge in [0.15, 0.2) is 0 Å². The van der Waals surface area contributed by atoms with E-state index >= 15 is 0 Å². The summed E-state index contributed by atoms with van der Waals surface area (Å²) in [6, 6.07) is 0. The van der Waals surface area contributed by atoms with E-state index in [0.717, 1.165) is 64.2 Å². The van der Waals surface area contributed by atoms with Crippen molar-refractivity contribution >= 4 is 5.91 Å². The zero-order valence-electron chi connectivity index (χ0n) is 18.1. The predicted molar refractivity (Wildman–Crippen MR) is 110 cm³/mol. The van der Waals surface area contributed by atoms with Crippen LogP contribution in [0.5, 0.6) is 0 Å². The van der Waals surface area contributed by atoms with E-state index in [1.54, 1.807) is 7.11 Å². The summed E-state index contributed by atoms with van der Waals surface area (Å²) in [5.74, 6) is 0.274. The van der Waals surface area contributed by atoms with Crippen molar-refractivity contribution in [1.29, 1.82) is 0 Å². The second kappa shape index (κ2) is 9.37. The zero-order valence-corrected chi connectivity index (χ0v) is 18.1. The molecule has 28 heavy (non-hydrogen) atoms. The molecule has 158 valence electrons. The number of methoxy groups -OCH3 is 1. The Bertz CT molecular complexity index is 661. The number of nitrogens with zero attached hydrogens (tertiary/aromatic N) is 5. The molecule has 1 atom stereocenters. The first-order valence-corrected chi connectivity index (χ1v) is 10.7. The molecule has 2 saturated heterocycles. The fourth-order valence-electron chi connectivity index (χ4n) is 4.65. The molecule has 7 nitrogen and oxygen atoms in total. The maximum atomic E-state index is 12.6. The van der Waals surface area contributed by atoms with Gasteiger partial charge < -0.3 is 9.64 Å². The predicted octanol–water partition coefficient (Wildman–Crippen LogP) is 1.75. The van der Waals surface area contributed by atoms with Gasteiger partial charge in [0.05, 0.1) is 12.3 Å². The molecule has 2 aliphatic rings. The van der Waals surface area contributed by atoms with Crippen LogP contribution < -0.4 is 0 Å². The van der Waals surface area contributed by atoms with Crippen LogP contribution in [0.4, 0.5) is 0 Å². The summed E-state index contributed by atoms with van der Waals surface area (Å²) >= 11 is 0. The van der Waals surface area contributed by atoms with Gasteiger partial charge in [0.25, 0.3) is 0 Å². The second-order valence-electron chi connectivity index (χ2n) is 8.48. The van der Waals surface area contributed by atoms with Gasteiger partial charge in [-0.25, -0.2) is 0 Å².